The number of aromatic nitrogens is 2. The van der Waals surface area contributed by atoms with Gasteiger partial charge in [-0.05, 0) is 42.8 Å². The first-order valence-electron chi connectivity index (χ1n) is 9.50. The summed E-state index contributed by atoms with van der Waals surface area (Å²) in [6, 6.07) is 21.5. The van der Waals surface area contributed by atoms with Gasteiger partial charge in [0.15, 0.2) is 5.78 Å². The van der Waals surface area contributed by atoms with E-state index in [-0.39, 0.29) is 17.2 Å². The van der Waals surface area contributed by atoms with E-state index < -0.39 is 0 Å². The van der Waals surface area contributed by atoms with Crippen molar-refractivity contribution < 1.29 is 9.90 Å². The van der Waals surface area contributed by atoms with Crippen LogP contribution in [0.1, 0.15) is 21.5 Å². The maximum atomic E-state index is 12.7. The van der Waals surface area contributed by atoms with Crippen molar-refractivity contribution in [2.45, 2.75) is 6.92 Å². The summed E-state index contributed by atoms with van der Waals surface area (Å²) in [4.78, 5) is 27.9. The molecule has 5 nitrogen and oxygen atoms in total. The van der Waals surface area contributed by atoms with Gasteiger partial charge in [0.05, 0.1) is 11.4 Å². The zero-order chi connectivity index (χ0) is 21.1. The van der Waals surface area contributed by atoms with Crippen molar-refractivity contribution in [3.63, 3.8) is 0 Å². The van der Waals surface area contributed by atoms with E-state index in [1.807, 2.05) is 31.2 Å². The Morgan fingerprint density at radius 2 is 1.77 bits per heavy atom. The summed E-state index contributed by atoms with van der Waals surface area (Å²) in [7, 11) is 0. The van der Waals surface area contributed by atoms with Crippen LogP contribution in [-0.4, -0.2) is 20.4 Å². The van der Waals surface area contributed by atoms with Crippen LogP contribution < -0.4 is 5.69 Å². The summed E-state index contributed by atoms with van der Waals surface area (Å²) in [5.41, 5.74) is 4.28. The van der Waals surface area contributed by atoms with Gasteiger partial charge in [0, 0.05) is 17.3 Å². The van der Waals surface area contributed by atoms with Gasteiger partial charge in [0.2, 0.25) is 0 Å². The number of aromatic hydroxyl groups is 1. The lowest BCUT2D eigenvalue weighted by Crippen LogP contribution is -2.16. The van der Waals surface area contributed by atoms with E-state index in [9.17, 15) is 14.7 Å². The summed E-state index contributed by atoms with van der Waals surface area (Å²) >= 11 is 0. The Morgan fingerprint density at radius 3 is 2.53 bits per heavy atom. The first-order chi connectivity index (χ1) is 14.5. The van der Waals surface area contributed by atoms with E-state index in [0.29, 0.717) is 11.3 Å². The summed E-state index contributed by atoms with van der Waals surface area (Å²) in [5, 5.41) is 9.54. The highest BCUT2D eigenvalue weighted by molar-refractivity contribution is 6.07. The van der Waals surface area contributed by atoms with Gasteiger partial charge in [-0.3, -0.25) is 9.36 Å². The van der Waals surface area contributed by atoms with E-state index in [0.717, 1.165) is 22.4 Å². The Balaban J connectivity index is 1.67. The molecule has 1 aromatic heterocycles. The lowest BCUT2D eigenvalue weighted by Gasteiger charge is -2.09. The molecule has 0 aliphatic carbocycles. The largest absolute Gasteiger partial charge is 0.508 e. The molecule has 0 saturated heterocycles. The highest BCUT2D eigenvalue weighted by atomic mass is 16.3. The van der Waals surface area contributed by atoms with Crippen LogP contribution in [0.15, 0.2) is 89.9 Å². The van der Waals surface area contributed by atoms with Crippen molar-refractivity contribution in [1.29, 1.82) is 0 Å². The molecule has 5 heteroatoms. The molecule has 0 aliphatic rings. The maximum absolute atomic E-state index is 12.7. The number of ketones is 1. The number of hydrogen-bond donors (Lipinski definition) is 2. The minimum Gasteiger partial charge on any atom is -0.508 e. The first-order valence-corrected chi connectivity index (χ1v) is 9.50. The third kappa shape index (κ3) is 4.00. The van der Waals surface area contributed by atoms with Gasteiger partial charge < -0.3 is 10.1 Å². The van der Waals surface area contributed by atoms with E-state index in [2.05, 4.69) is 4.98 Å². The van der Waals surface area contributed by atoms with Crippen LogP contribution in [0, 0.1) is 6.92 Å². The van der Waals surface area contributed by atoms with Gasteiger partial charge in [0.25, 0.3) is 0 Å². The standard InChI is InChI=1S/C25H20N2O3/c1-17-8-11-19(12-9-17)23-16-26-25(30)27(23)21-6-3-5-20(15-21)24(29)13-10-18-4-2-7-22(28)14-18/h2-16,28H,1H3,(H,26,30). The lowest BCUT2D eigenvalue weighted by atomic mass is 10.1. The van der Waals surface area contributed by atoms with Gasteiger partial charge in [-0.15, -0.1) is 0 Å². The molecule has 4 aromatic rings. The molecule has 0 atom stereocenters. The fourth-order valence-electron chi connectivity index (χ4n) is 3.26. The number of aromatic amines is 1. The number of carbonyl (C=O) groups is 1. The van der Waals surface area contributed by atoms with E-state index >= 15 is 0 Å². The highest BCUT2D eigenvalue weighted by Gasteiger charge is 2.12. The van der Waals surface area contributed by atoms with E-state index in [1.54, 1.807) is 65.4 Å². The molecule has 0 aliphatic heterocycles. The quantitative estimate of drug-likeness (QED) is 0.378. The summed E-state index contributed by atoms with van der Waals surface area (Å²) in [6.07, 6.45) is 4.77. The number of imidazole rings is 1. The molecule has 1 heterocycles. The molecule has 3 aromatic carbocycles. The number of nitrogens with zero attached hydrogens (tertiary/aromatic N) is 1. The fraction of sp³-hybridized carbons (Fsp3) is 0.0400. The van der Waals surface area contributed by atoms with Crippen LogP contribution in [0.4, 0.5) is 0 Å². The van der Waals surface area contributed by atoms with Gasteiger partial charge in [-0.1, -0.05) is 60.2 Å². The van der Waals surface area contributed by atoms with Crippen LogP contribution in [0.5, 0.6) is 5.75 Å². The molecule has 148 valence electrons. The van der Waals surface area contributed by atoms with Crippen molar-refractivity contribution in [1.82, 2.24) is 9.55 Å². The number of phenolic OH excluding ortho intramolecular Hbond substituents is 1. The minimum absolute atomic E-state index is 0.141. The zero-order valence-corrected chi connectivity index (χ0v) is 16.4. The molecule has 0 bridgehead atoms. The topological polar surface area (TPSA) is 75.1 Å². The third-order valence-electron chi connectivity index (χ3n) is 4.81. The van der Waals surface area contributed by atoms with Crippen LogP contribution in [0.2, 0.25) is 0 Å². The van der Waals surface area contributed by atoms with Crippen LogP contribution in [-0.2, 0) is 0 Å². The SMILES string of the molecule is Cc1ccc(-c2c[nH]c(=O)n2-c2cccc(C(=O)C=Cc3cccc(O)c3)c2)cc1. The fourth-order valence-corrected chi connectivity index (χ4v) is 3.26. The molecule has 0 radical (unpaired) electrons. The van der Waals surface area contributed by atoms with Crippen molar-refractivity contribution >= 4 is 11.9 Å². The lowest BCUT2D eigenvalue weighted by molar-refractivity contribution is 0.104. The molecular weight excluding hydrogens is 376 g/mol. The molecule has 0 unspecified atom stereocenters. The average molecular weight is 396 g/mol. The van der Waals surface area contributed by atoms with Crippen molar-refractivity contribution in [2.24, 2.45) is 0 Å². The normalized spacial score (nSPS) is 11.1. The smallest absolute Gasteiger partial charge is 0.330 e. The van der Waals surface area contributed by atoms with E-state index in [1.165, 1.54) is 6.08 Å². The predicted octanol–water partition coefficient (Wildman–Crippen LogP) is 4.74. The van der Waals surface area contributed by atoms with Crippen LogP contribution >= 0.6 is 0 Å². The summed E-state index contributed by atoms with van der Waals surface area (Å²) in [6.45, 7) is 2.01. The molecule has 0 amide bonds. The van der Waals surface area contributed by atoms with Gasteiger partial charge in [-0.2, -0.15) is 0 Å². The summed E-state index contributed by atoms with van der Waals surface area (Å²) in [5.74, 6) is -0.0530. The number of allylic oxidation sites excluding steroid dienone is 1. The van der Waals surface area contributed by atoms with Crippen LogP contribution in [0.25, 0.3) is 23.0 Å². The Morgan fingerprint density at radius 1 is 1.00 bits per heavy atom. The number of rotatable bonds is 5. The third-order valence-corrected chi connectivity index (χ3v) is 4.81. The van der Waals surface area contributed by atoms with Gasteiger partial charge >= 0.3 is 5.69 Å². The molecule has 30 heavy (non-hydrogen) atoms. The minimum atomic E-state index is -0.273. The monoisotopic (exact) mass is 396 g/mol. The first kappa shape index (κ1) is 19.2. The number of benzene rings is 3. The van der Waals surface area contributed by atoms with Crippen molar-refractivity contribution in [2.75, 3.05) is 0 Å². The number of phenols is 1. The summed E-state index contributed by atoms with van der Waals surface area (Å²) < 4.78 is 1.56. The van der Waals surface area contributed by atoms with Gasteiger partial charge in [0.1, 0.15) is 5.75 Å². The number of nitrogens with one attached hydrogen (secondary N) is 1. The van der Waals surface area contributed by atoms with Crippen molar-refractivity contribution in [3.8, 4) is 22.7 Å². The Bertz CT molecular complexity index is 1290. The predicted molar refractivity (Wildman–Crippen MR) is 118 cm³/mol. The highest BCUT2D eigenvalue weighted by Crippen LogP contribution is 2.22. The molecule has 4 rings (SSSR count). The molecular formula is C25H20N2O3. The van der Waals surface area contributed by atoms with Gasteiger partial charge in [-0.25, -0.2) is 4.79 Å². The van der Waals surface area contributed by atoms with Crippen molar-refractivity contribution in [3.05, 3.63) is 112 Å². The maximum Gasteiger partial charge on any atom is 0.330 e. The molecule has 0 saturated carbocycles. The molecule has 2 N–H and O–H groups in total. The molecule has 0 fully saturated rings. The number of hydrogen-bond acceptors (Lipinski definition) is 3. The van der Waals surface area contributed by atoms with Crippen LogP contribution in [0.3, 0.4) is 0 Å². The van der Waals surface area contributed by atoms with E-state index in [4.69, 9.17) is 0 Å². The second-order valence-electron chi connectivity index (χ2n) is 7.02. The number of aryl methyl sites for hydroxylation is 1. The number of carbonyl (C=O) groups excluding carboxylic acids is 1. The average Bonchev–Trinajstić information content (AvgIpc) is 3.14. The Kier molecular flexibility index (Phi) is 5.18. The Hall–Kier alpha value is -4.12. The Labute approximate surface area is 173 Å². The molecule has 0 spiro atoms. The zero-order valence-electron chi connectivity index (χ0n) is 16.4. The second kappa shape index (κ2) is 8.09. The second-order valence-corrected chi connectivity index (χ2v) is 7.02. The number of H-pyrrole nitrogens is 1.